The second-order valence-corrected chi connectivity index (χ2v) is 14.6. The van der Waals surface area contributed by atoms with Crippen LogP contribution in [-0.4, -0.2) is 54.1 Å². The topological polar surface area (TPSA) is 40.6 Å². The Hall–Kier alpha value is -2.90. The van der Waals surface area contributed by atoms with Crippen molar-refractivity contribution in [1.82, 2.24) is 9.80 Å². The molecule has 3 heterocycles. The van der Waals surface area contributed by atoms with Crippen molar-refractivity contribution < 1.29 is 9.59 Å². The van der Waals surface area contributed by atoms with Crippen LogP contribution in [0.25, 0.3) is 16.8 Å². The van der Waals surface area contributed by atoms with Gasteiger partial charge in [0, 0.05) is 45.1 Å². The first kappa shape index (κ1) is 27.6. The lowest BCUT2D eigenvalue weighted by Gasteiger charge is -2.52. The Kier molecular flexibility index (Phi) is 6.47. The molecule has 1 aliphatic carbocycles. The highest BCUT2D eigenvalue weighted by Crippen LogP contribution is 2.69. The maximum atomic E-state index is 15.6. The largest absolute Gasteiger partial charge is 0.301 e. The first-order valence-electron chi connectivity index (χ1n) is 15.1. The fourth-order valence-electron chi connectivity index (χ4n) is 9.18. The van der Waals surface area contributed by atoms with Crippen LogP contribution >= 0.6 is 31.9 Å². The predicted molar refractivity (Wildman–Crippen MR) is 178 cm³/mol. The van der Waals surface area contributed by atoms with Crippen molar-refractivity contribution in [2.45, 2.75) is 36.8 Å². The van der Waals surface area contributed by atoms with Gasteiger partial charge in [-0.1, -0.05) is 98.9 Å². The minimum Gasteiger partial charge on any atom is -0.301 e. The van der Waals surface area contributed by atoms with Crippen molar-refractivity contribution in [2.75, 3.05) is 26.7 Å². The van der Waals surface area contributed by atoms with Gasteiger partial charge in [-0.05, 0) is 84.2 Å². The molecule has 3 saturated heterocycles. The average molecular weight is 696 g/mol. The quantitative estimate of drug-likeness (QED) is 0.200. The number of carbonyl (C=O) groups excluding carboxylic acids is 2. The molecule has 0 bridgehead atoms. The van der Waals surface area contributed by atoms with Crippen LogP contribution in [0.5, 0.6) is 0 Å². The van der Waals surface area contributed by atoms with Crippen LogP contribution in [0.4, 0.5) is 0 Å². The number of ketones is 2. The van der Waals surface area contributed by atoms with Gasteiger partial charge in [0.05, 0.1) is 5.41 Å². The Labute approximate surface area is 269 Å². The second kappa shape index (κ2) is 10.1. The molecule has 3 aliphatic heterocycles. The van der Waals surface area contributed by atoms with Gasteiger partial charge in [-0.25, -0.2) is 0 Å². The van der Waals surface area contributed by atoms with Crippen LogP contribution in [0.2, 0.25) is 0 Å². The molecule has 43 heavy (non-hydrogen) atoms. The molecule has 0 radical (unpaired) electrons. The maximum absolute atomic E-state index is 15.6. The monoisotopic (exact) mass is 694 g/mol. The Morgan fingerprint density at radius 1 is 0.837 bits per heavy atom. The number of hydrogen-bond acceptors (Lipinski definition) is 4. The van der Waals surface area contributed by atoms with Crippen molar-refractivity contribution in [1.29, 1.82) is 0 Å². The van der Waals surface area contributed by atoms with Crippen LogP contribution < -0.4 is 0 Å². The van der Waals surface area contributed by atoms with Crippen molar-refractivity contribution in [3.05, 3.63) is 122 Å². The van der Waals surface area contributed by atoms with Gasteiger partial charge in [0.2, 0.25) is 0 Å². The molecule has 4 atom stereocenters. The normalized spacial score (nSPS) is 29.8. The lowest BCUT2D eigenvalue weighted by molar-refractivity contribution is -0.134. The fraction of sp³-hybridized carbons (Fsp3) is 0.297. The molecule has 4 aromatic rings. The van der Waals surface area contributed by atoms with E-state index in [4.69, 9.17) is 0 Å². The lowest BCUT2D eigenvalue weighted by Crippen LogP contribution is -2.65. The Morgan fingerprint density at radius 2 is 1.53 bits per heavy atom. The summed E-state index contributed by atoms with van der Waals surface area (Å²) in [6.07, 6.45) is 5.14. The van der Waals surface area contributed by atoms with Crippen molar-refractivity contribution in [2.24, 2.45) is 5.41 Å². The molecule has 6 heteroatoms. The summed E-state index contributed by atoms with van der Waals surface area (Å²) in [5.74, 6) is 0.0736. The number of likely N-dealkylation sites (tertiary alicyclic amines) is 1. The van der Waals surface area contributed by atoms with Gasteiger partial charge < -0.3 is 4.90 Å². The third-order valence-corrected chi connectivity index (χ3v) is 11.6. The highest BCUT2D eigenvalue weighted by Gasteiger charge is 2.77. The van der Waals surface area contributed by atoms with Crippen LogP contribution in [0.15, 0.2) is 99.4 Å². The molecule has 0 saturated carbocycles. The van der Waals surface area contributed by atoms with E-state index in [0.717, 1.165) is 73.4 Å². The highest BCUT2D eigenvalue weighted by atomic mass is 79.9. The molecule has 0 N–H and O–H groups in total. The zero-order valence-corrected chi connectivity index (χ0v) is 27.2. The van der Waals surface area contributed by atoms with Crippen molar-refractivity contribution in [3.63, 3.8) is 0 Å². The molecule has 0 amide bonds. The summed E-state index contributed by atoms with van der Waals surface area (Å²) in [6, 6.07) is 29.1. The second-order valence-electron chi connectivity index (χ2n) is 12.7. The van der Waals surface area contributed by atoms with Crippen LogP contribution in [0.1, 0.15) is 52.2 Å². The summed E-state index contributed by atoms with van der Waals surface area (Å²) in [5, 5.41) is 2.09. The number of nitrogens with zero attached hydrogens (tertiary/aromatic N) is 2. The third kappa shape index (κ3) is 3.73. The molecule has 4 aromatic carbocycles. The molecule has 0 aromatic heterocycles. The summed E-state index contributed by atoms with van der Waals surface area (Å²) in [7, 11) is 2.11. The summed E-state index contributed by atoms with van der Waals surface area (Å²) in [4.78, 5) is 35.8. The molecular formula is C37H32Br2N2O2. The third-order valence-electron chi connectivity index (χ3n) is 10.5. The predicted octanol–water partition coefficient (Wildman–Crippen LogP) is 7.99. The first-order valence-corrected chi connectivity index (χ1v) is 16.7. The van der Waals surface area contributed by atoms with E-state index in [9.17, 15) is 0 Å². The number of halogens is 2. The molecule has 3 fully saturated rings. The summed E-state index contributed by atoms with van der Waals surface area (Å²) in [6.45, 7) is 1.88. The Balaban J connectivity index is 1.46. The lowest BCUT2D eigenvalue weighted by atomic mass is 9.54. The zero-order chi connectivity index (χ0) is 29.5. The zero-order valence-electron chi connectivity index (χ0n) is 24.0. The smallest absolute Gasteiger partial charge is 0.189 e. The average Bonchev–Trinajstić information content (AvgIpc) is 3.42. The van der Waals surface area contributed by atoms with Crippen LogP contribution in [0, 0.1) is 5.41 Å². The number of fused-ring (bicyclic) bond motifs is 4. The highest BCUT2D eigenvalue weighted by molar-refractivity contribution is 9.10. The van der Waals surface area contributed by atoms with Gasteiger partial charge in [0.1, 0.15) is 5.54 Å². The number of hydrogen-bond donors (Lipinski definition) is 0. The fourth-order valence-corrected chi connectivity index (χ4v) is 9.70. The van der Waals surface area contributed by atoms with E-state index in [0.29, 0.717) is 13.1 Å². The number of carbonyl (C=O) groups is 2. The minimum atomic E-state index is -1.08. The molecule has 0 unspecified atom stereocenters. The molecule has 8 rings (SSSR count). The van der Waals surface area contributed by atoms with Crippen molar-refractivity contribution in [3.8, 4) is 0 Å². The maximum Gasteiger partial charge on any atom is 0.189 e. The number of likely N-dealkylation sites (N-methyl/N-ethyl adjacent to an activating group) is 1. The van der Waals surface area contributed by atoms with E-state index < -0.39 is 11.0 Å². The minimum absolute atomic E-state index is 0.0767. The summed E-state index contributed by atoms with van der Waals surface area (Å²) < 4.78 is 2.01. The van der Waals surface area contributed by atoms with Gasteiger partial charge in [-0.15, -0.1) is 0 Å². The van der Waals surface area contributed by atoms with Gasteiger partial charge in [-0.3, -0.25) is 14.5 Å². The number of benzene rings is 4. The van der Waals surface area contributed by atoms with E-state index >= 15 is 9.59 Å². The van der Waals surface area contributed by atoms with Gasteiger partial charge in [0.15, 0.2) is 11.6 Å². The van der Waals surface area contributed by atoms with Gasteiger partial charge in [0.25, 0.3) is 0 Å². The standard InChI is InChI=1S/C37H32Br2N2O2/c1-40-21-26(20-23-11-15-27(38)16-12-23)34(42)36(22-40)33(25-13-17-28(39)18-14-25)31-10-2-3-19-41(31)37(36)30-9-5-7-24-6-4-8-29(32(24)30)35(37)43/h4-9,11-18,20,31,33H,2-3,10,19,21-22H2,1H3/b26-20+/t31-,33-,36-,37-/m0/s1. The van der Waals surface area contributed by atoms with Gasteiger partial charge >= 0.3 is 0 Å². The Morgan fingerprint density at radius 3 is 2.28 bits per heavy atom. The van der Waals surface area contributed by atoms with Crippen LogP contribution in [-0.2, 0) is 10.3 Å². The number of Topliss-reactive ketones (excluding diaryl/α,β-unsaturated/α-hetero) is 2. The van der Waals surface area contributed by atoms with Gasteiger partial charge in [-0.2, -0.15) is 0 Å². The van der Waals surface area contributed by atoms with E-state index in [1.54, 1.807) is 0 Å². The van der Waals surface area contributed by atoms with E-state index in [2.05, 4.69) is 103 Å². The molecule has 4 nitrogen and oxygen atoms in total. The summed E-state index contributed by atoms with van der Waals surface area (Å²) in [5.41, 5.74) is 2.59. The summed E-state index contributed by atoms with van der Waals surface area (Å²) >= 11 is 7.19. The van der Waals surface area contributed by atoms with E-state index in [1.807, 2.05) is 36.4 Å². The molecule has 4 aliphatic rings. The van der Waals surface area contributed by atoms with Crippen molar-refractivity contribution >= 4 is 60.3 Å². The molecular weight excluding hydrogens is 664 g/mol. The van der Waals surface area contributed by atoms with Crippen LogP contribution in [0.3, 0.4) is 0 Å². The number of rotatable bonds is 2. The molecule has 216 valence electrons. The van der Waals surface area contributed by atoms with E-state index in [-0.39, 0.29) is 23.5 Å². The molecule has 2 spiro atoms. The number of piperidine rings is 2. The SMILES string of the molecule is CN1C/C(=C\c2ccc(Br)cc2)C(=O)[C@]2(C1)[C@@H](c1ccc(Br)cc1)[C@@H]1CCCCN1[C@@]21C(=O)c2cccc3cccc1c23. The first-order chi connectivity index (χ1) is 20.9. The Bertz CT molecular complexity index is 1830. The van der Waals surface area contributed by atoms with E-state index in [1.165, 1.54) is 0 Å².